The van der Waals surface area contributed by atoms with E-state index < -0.39 is 36.0 Å². The van der Waals surface area contributed by atoms with Gasteiger partial charge in [0.25, 0.3) is 6.43 Å². The lowest BCUT2D eigenvalue weighted by molar-refractivity contribution is 0.135. The zero-order valence-electron chi connectivity index (χ0n) is 15.8. The van der Waals surface area contributed by atoms with Gasteiger partial charge in [0, 0.05) is 23.8 Å². The van der Waals surface area contributed by atoms with Crippen LogP contribution in [0.2, 0.25) is 0 Å². The minimum atomic E-state index is -2.74. The lowest BCUT2D eigenvalue weighted by atomic mass is 9.92. The second kappa shape index (κ2) is 9.17. The zero-order chi connectivity index (χ0) is 21.1. The third-order valence-electron chi connectivity index (χ3n) is 4.56. The standard InChI is InChI=1S/C21H21F5N2S/c1-12-8-17(23)20(18(24)9-12)21-16(13-2-4-15(27)5-3-13)10-14(22)6-7-29-28(21)11-19(25)26/h2-4,8-10,15,19H,5-7,11,27H2,1H3/b14-10+,21-16+. The van der Waals surface area contributed by atoms with Crippen LogP contribution in [0.1, 0.15) is 24.0 Å². The molecule has 0 amide bonds. The molecule has 0 radical (unpaired) electrons. The molecular weight excluding hydrogens is 407 g/mol. The summed E-state index contributed by atoms with van der Waals surface area (Å²) in [7, 11) is 0. The van der Waals surface area contributed by atoms with Crippen molar-refractivity contribution in [2.24, 2.45) is 5.73 Å². The predicted octanol–water partition coefficient (Wildman–Crippen LogP) is 5.67. The predicted molar refractivity (Wildman–Crippen MR) is 107 cm³/mol. The molecule has 1 unspecified atom stereocenters. The van der Waals surface area contributed by atoms with Gasteiger partial charge < -0.3 is 10.0 Å². The first-order chi connectivity index (χ1) is 13.8. The highest BCUT2D eigenvalue weighted by Crippen LogP contribution is 2.40. The molecule has 0 saturated heterocycles. The number of benzene rings is 1. The van der Waals surface area contributed by atoms with Crippen LogP contribution < -0.4 is 5.73 Å². The van der Waals surface area contributed by atoms with Gasteiger partial charge in [0.15, 0.2) is 0 Å². The number of allylic oxidation sites excluding steroid dienone is 5. The molecule has 2 N–H and O–H groups in total. The summed E-state index contributed by atoms with van der Waals surface area (Å²) in [6, 6.07) is 2.03. The van der Waals surface area contributed by atoms with Gasteiger partial charge >= 0.3 is 0 Å². The summed E-state index contributed by atoms with van der Waals surface area (Å²) in [5, 5.41) is 0. The summed E-state index contributed by atoms with van der Waals surface area (Å²) in [5.74, 6) is -2.10. The summed E-state index contributed by atoms with van der Waals surface area (Å²) < 4.78 is 72.0. The van der Waals surface area contributed by atoms with Crippen LogP contribution >= 0.6 is 11.9 Å². The van der Waals surface area contributed by atoms with Crippen LogP contribution in [0.3, 0.4) is 0 Å². The maximum atomic E-state index is 14.9. The molecule has 29 heavy (non-hydrogen) atoms. The molecule has 156 valence electrons. The van der Waals surface area contributed by atoms with Gasteiger partial charge in [0.05, 0.1) is 17.8 Å². The average molecular weight is 428 g/mol. The summed E-state index contributed by atoms with van der Waals surface area (Å²) >= 11 is 0.928. The van der Waals surface area contributed by atoms with Crippen molar-refractivity contribution < 1.29 is 22.0 Å². The van der Waals surface area contributed by atoms with E-state index in [-0.39, 0.29) is 29.5 Å². The summed E-state index contributed by atoms with van der Waals surface area (Å²) in [6.07, 6.45) is 3.95. The first-order valence-corrected chi connectivity index (χ1v) is 10.1. The summed E-state index contributed by atoms with van der Waals surface area (Å²) in [5.41, 5.74) is 6.28. The second-order valence-electron chi connectivity index (χ2n) is 6.91. The van der Waals surface area contributed by atoms with E-state index in [1.165, 1.54) is 17.3 Å². The third-order valence-corrected chi connectivity index (χ3v) is 5.59. The SMILES string of the molecule is Cc1cc(F)c(/C2=C(C3=CCC(N)C=C3)/C=C(/F)CCSN2CC(F)F)c(F)c1. The first-order valence-electron chi connectivity index (χ1n) is 9.15. The van der Waals surface area contributed by atoms with E-state index in [1.807, 2.05) is 0 Å². The lowest BCUT2D eigenvalue weighted by Crippen LogP contribution is -2.25. The number of hydrogen-bond donors (Lipinski definition) is 1. The Morgan fingerprint density at radius 3 is 2.48 bits per heavy atom. The van der Waals surface area contributed by atoms with Crippen molar-refractivity contribution in [3.05, 3.63) is 76.2 Å². The molecule has 1 atom stereocenters. The normalized spacial score (nSPS) is 24.8. The molecular formula is C21H21F5N2S. The van der Waals surface area contributed by atoms with Crippen molar-refractivity contribution in [2.75, 3.05) is 12.3 Å². The quantitative estimate of drug-likeness (QED) is 0.495. The topological polar surface area (TPSA) is 29.3 Å². The number of nitrogens with two attached hydrogens (primary N) is 1. The van der Waals surface area contributed by atoms with E-state index in [9.17, 15) is 22.0 Å². The molecule has 1 aliphatic heterocycles. The van der Waals surface area contributed by atoms with Crippen LogP contribution in [0.15, 0.2) is 53.4 Å². The van der Waals surface area contributed by atoms with Gasteiger partial charge in [-0.1, -0.05) is 18.2 Å². The van der Waals surface area contributed by atoms with Crippen LogP contribution in [0.25, 0.3) is 5.70 Å². The molecule has 0 spiro atoms. The van der Waals surface area contributed by atoms with Gasteiger partial charge in [0.1, 0.15) is 17.5 Å². The zero-order valence-corrected chi connectivity index (χ0v) is 16.6. The van der Waals surface area contributed by atoms with E-state index in [0.717, 1.165) is 24.1 Å². The van der Waals surface area contributed by atoms with Crippen LogP contribution in [0.4, 0.5) is 22.0 Å². The fourth-order valence-corrected chi connectivity index (χ4v) is 4.30. The Kier molecular flexibility index (Phi) is 6.85. The van der Waals surface area contributed by atoms with Gasteiger partial charge in [-0.15, -0.1) is 0 Å². The van der Waals surface area contributed by atoms with Crippen molar-refractivity contribution in [3.8, 4) is 0 Å². The Labute approximate surface area is 170 Å². The number of alkyl halides is 2. The second-order valence-corrected chi connectivity index (χ2v) is 8.02. The molecule has 0 bridgehead atoms. The highest BCUT2D eigenvalue weighted by molar-refractivity contribution is 7.97. The van der Waals surface area contributed by atoms with E-state index in [2.05, 4.69) is 0 Å². The molecule has 3 rings (SSSR count). The number of hydrogen-bond acceptors (Lipinski definition) is 3. The molecule has 2 aliphatic rings. The van der Waals surface area contributed by atoms with Gasteiger partial charge in [-0.05, 0) is 54.6 Å². The average Bonchev–Trinajstić information content (AvgIpc) is 2.61. The Morgan fingerprint density at radius 2 is 1.90 bits per heavy atom. The molecule has 1 aromatic rings. The number of nitrogens with zero attached hydrogens (tertiary/aromatic N) is 1. The van der Waals surface area contributed by atoms with E-state index in [4.69, 9.17) is 5.73 Å². The number of rotatable bonds is 4. The van der Waals surface area contributed by atoms with Crippen LogP contribution in [0, 0.1) is 18.6 Å². The van der Waals surface area contributed by atoms with Gasteiger partial charge in [0.2, 0.25) is 0 Å². The highest BCUT2D eigenvalue weighted by atomic mass is 32.2. The fourth-order valence-electron chi connectivity index (χ4n) is 3.26. The summed E-state index contributed by atoms with van der Waals surface area (Å²) in [6.45, 7) is 0.782. The Balaban J connectivity index is 2.31. The maximum Gasteiger partial charge on any atom is 0.256 e. The van der Waals surface area contributed by atoms with Crippen molar-refractivity contribution in [1.29, 1.82) is 0 Å². The molecule has 0 fully saturated rings. The Hall–Kier alpha value is -2.06. The lowest BCUT2D eigenvalue weighted by Gasteiger charge is -2.31. The van der Waals surface area contributed by atoms with Gasteiger partial charge in [-0.2, -0.15) is 0 Å². The van der Waals surface area contributed by atoms with Crippen molar-refractivity contribution in [3.63, 3.8) is 0 Å². The molecule has 2 nitrogen and oxygen atoms in total. The van der Waals surface area contributed by atoms with Crippen molar-refractivity contribution in [1.82, 2.24) is 4.31 Å². The molecule has 1 aromatic carbocycles. The smallest absolute Gasteiger partial charge is 0.256 e. The molecule has 8 heteroatoms. The van der Waals surface area contributed by atoms with Crippen molar-refractivity contribution >= 4 is 17.6 Å². The van der Waals surface area contributed by atoms with Crippen molar-refractivity contribution in [2.45, 2.75) is 32.2 Å². The minimum Gasteiger partial charge on any atom is -0.324 e. The van der Waals surface area contributed by atoms with E-state index in [1.54, 1.807) is 18.2 Å². The monoisotopic (exact) mass is 428 g/mol. The van der Waals surface area contributed by atoms with Gasteiger partial charge in [-0.3, -0.25) is 0 Å². The molecule has 0 aromatic heterocycles. The molecule has 1 aliphatic carbocycles. The maximum absolute atomic E-state index is 14.9. The molecule has 1 heterocycles. The van der Waals surface area contributed by atoms with Crippen LogP contribution in [0.5, 0.6) is 0 Å². The number of halogens is 5. The Morgan fingerprint density at radius 1 is 1.21 bits per heavy atom. The largest absolute Gasteiger partial charge is 0.324 e. The fraction of sp³-hybridized carbons (Fsp3) is 0.333. The van der Waals surface area contributed by atoms with Crippen LogP contribution in [-0.2, 0) is 0 Å². The van der Waals surface area contributed by atoms with E-state index >= 15 is 0 Å². The minimum absolute atomic E-state index is 0.0244. The van der Waals surface area contributed by atoms with Gasteiger partial charge in [-0.25, -0.2) is 22.0 Å². The highest BCUT2D eigenvalue weighted by Gasteiger charge is 2.28. The summed E-state index contributed by atoms with van der Waals surface area (Å²) in [4.78, 5) is 0. The third kappa shape index (κ3) is 5.11. The number of aryl methyl sites for hydroxylation is 1. The van der Waals surface area contributed by atoms with E-state index in [0.29, 0.717) is 17.6 Å². The molecule has 0 saturated carbocycles. The Bertz CT molecular complexity index is 881. The van der Waals surface area contributed by atoms with Crippen LogP contribution in [-0.4, -0.2) is 29.1 Å². The first kappa shape index (κ1) is 21.6.